The summed E-state index contributed by atoms with van der Waals surface area (Å²) in [5.41, 5.74) is 5.81. The molecule has 0 spiro atoms. The second-order valence-electron chi connectivity index (χ2n) is 7.90. The fourth-order valence-electron chi connectivity index (χ4n) is 4.19. The average Bonchev–Trinajstić information content (AvgIpc) is 3.34. The summed E-state index contributed by atoms with van der Waals surface area (Å²) in [7, 11) is -1.13. The lowest BCUT2D eigenvalue weighted by Gasteiger charge is -2.17. The minimum absolute atomic E-state index is 0.0667. The second-order valence-corrected chi connectivity index (χ2v) is 9.88. The molecule has 0 radical (unpaired) electrons. The van der Waals surface area contributed by atoms with E-state index in [0.29, 0.717) is 13.1 Å². The van der Waals surface area contributed by atoms with Gasteiger partial charge < -0.3 is 9.88 Å². The fraction of sp³-hybridized carbons (Fsp3) is 0.273. The van der Waals surface area contributed by atoms with Crippen molar-refractivity contribution in [1.29, 1.82) is 0 Å². The van der Waals surface area contributed by atoms with Crippen molar-refractivity contribution >= 4 is 37.6 Å². The zero-order valence-electron chi connectivity index (χ0n) is 16.9. The summed E-state index contributed by atoms with van der Waals surface area (Å²) in [5, 5.41) is 4.70. The molecule has 4 aromatic rings. The molecule has 0 aliphatic carbocycles. The van der Waals surface area contributed by atoms with Crippen molar-refractivity contribution in [2.45, 2.75) is 12.5 Å². The Labute approximate surface area is 175 Å². The molecule has 1 aliphatic heterocycles. The van der Waals surface area contributed by atoms with Gasteiger partial charge in [-0.3, -0.25) is 9.97 Å². The zero-order chi connectivity index (χ0) is 20.9. The molecule has 5 rings (SSSR count). The summed E-state index contributed by atoms with van der Waals surface area (Å²) in [5.74, 6) is 0. The first kappa shape index (κ1) is 19.0. The third-order valence-corrected chi connectivity index (χ3v) is 7.03. The molecule has 1 saturated heterocycles. The molecular weight excluding hydrogens is 398 g/mol. The summed E-state index contributed by atoms with van der Waals surface area (Å²) in [6.07, 6.45) is 7.49. The number of fused-ring (bicyclic) bond motifs is 2. The Hall–Kier alpha value is -2.97. The van der Waals surface area contributed by atoms with Gasteiger partial charge in [-0.1, -0.05) is 12.1 Å². The Morgan fingerprint density at radius 1 is 1.10 bits per heavy atom. The summed E-state index contributed by atoms with van der Waals surface area (Å²) in [4.78, 5) is 9.09. The number of nitrogens with one attached hydrogen (secondary N) is 1. The minimum Gasteiger partial charge on any atom is -0.381 e. The highest BCUT2D eigenvalue weighted by Crippen LogP contribution is 2.33. The summed E-state index contributed by atoms with van der Waals surface area (Å²) >= 11 is 0. The first-order valence-corrected chi connectivity index (χ1v) is 11.8. The largest absolute Gasteiger partial charge is 0.381 e. The van der Waals surface area contributed by atoms with Crippen molar-refractivity contribution in [3.05, 3.63) is 55.0 Å². The molecule has 2 aromatic carbocycles. The quantitative estimate of drug-likeness (QED) is 0.547. The lowest BCUT2D eigenvalue weighted by Crippen LogP contribution is -2.30. The van der Waals surface area contributed by atoms with Gasteiger partial charge in [-0.05, 0) is 41.6 Å². The van der Waals surface area contributed by atoms with Crippen molar-refractivity contribution in [2.75, 3.05) is 24.7 Å². The number of aromatic nitrogens is 3. The van der Waals surface area contributed by atoms with E-state index in [1.165, 1.54) is 15.9 Å². The first-order chi connectivity index (χ1) is 14.4. The number of anilines is 1. The monoisotopic (exact) mass is 421 g/mol. The van der Waals surface area contributed by atoms with Crippen LogP contribution in [0.5, 0.6) is 0 Å². The van der Waals surface area contributed by atoms with Crippen molar-refractivity contribution in [1.82, 2.24) is 18.8 Å². The molecule has 2 aromatic heterocycles. The zero-order valence-corrected chi connectivity index (χ0v) is 17.7. The van der Waals surface area contributed by atoms with Gasteiger partial charge in [-0.25, -0.2) is 12.7 Å². The van der Waals surface area contributed by atoms with E-state index in [2.05, 4.69) is 56.4 Å². The lowest BCUT2D eigenvalue weighted by atomic mass is 10.0. The SMILES string of the molecule is Cn1ccc2ccc(-c3cc(NC4CCN(S(C)(=O)=O)C4)cc4nccnc34)cc21. The van der Waals surface area contributed by atoms with Crippen LogP contribution >= 0.6 is 0 Å². The molecule has 1 aliphatic rings. The fourth-order valence-corrected chi connectivity index (χ4v) is 5.08. The number of sulfonamides is 1. The van der Waals surface area contributed by atoms with Gasteiger partial charge in [-0.2, -0.15) is 0 Å². The van der Waals surface area contributed by atoms with Crippen LogP contribution in [0.25, 0.3) is 33.1 Å². The maximum atomic E-state index is 11.8. The Bertz CT molecular complexity index is 1360. The van der Waals surface area contributed by atoms with Gasteiger partial charge >= 0.3 is 0 Å². The Balaban J connectivity index is 1.55. The number of hydrogen-bond acceptors (Lipinski definition) is 5. The van der Waals surface area contributed by atoms with Crippen LogP contribution in [0, 0.1) is 0 Å². The molecule has 0 bridgehead atoms. The summed E-state index contributed by atoms with van der Waals surface area (Å²) in [6.45, 7) is 1.02. The predicted octanol–water partition coefficient (Wildman–Crippen LogP) is 3.23. The first-order valence-electron chi connectivity index (χ1n) is 9.90. The van der Waals surface area contributed by atoms with Crippen LogP contribution in [0.4, 0.5) is 5.69 Å². The average molecular weight is 422 g/mol. The van der Waals surface area contributed by atoms with Gasteiger partial charge in [0, 0.05) is 61.5 Å². The van der Waals surface area contributed by atoms with Gasteiger partial charge in [0.25, 0.3) is 0 Å². The van der Waals surface area contributed by atoms with E-state index in [0.717, 1.165) is 39.8 Å². The van der Waals surface area contributed by atoms with Crippen molar-refractivity contribution in [3.63, 3.8) is 0 Å². The van der Waals surface area contributed by atoms with E-state index in [9.17, 15) is 8.42 Å². The molecular formula is C22H23N5O2S. The highest BCUT2D eigenvalue weighted by atomic mass is 32.2. The highest BCUT2D eigenvalue weighted by molar-refractivity contribution is 7.88. The predicted molar refractivity (Wildman–Crippen MR) is 120 cm³/mol. The smallest absolute Gasteiger partial charge is 0.211 e. The van der Waals surface area contributed by atoms with E-state index in [-0.39, 0.29) is 6.04 Å². The van der Waals surface area contributed by atoms with E-state index >= 15 is 0 Å². The van der Waals surface area contributed by atoms with Crippen LogP contribution in [0.15, 0.2) is 55.0 Å². The Kier molecular flexibility index (Phi) is 4.48. The lowest BCUT2D eigenvalue weighted by molar-refractivity contribution is 0.480. The third kappa shape index (κ3) is 3.42. The second kappa shape index (κ2) is 7.07. The number of nitrogens with zero attached hydrogens (tertiary/aromatic N) is 4. The molecule has 154 valence electrons. The topological polar surface area (TPSA) is 80.1 Å². The maximum absolute atomic E-state index is 11.8. The van der Waals surface area contributed by atoms with Crippen LogP contribution in [0.2, 0.25) is 0 Å². The van der Waals surface area contributed by atoms with E-state index in [4.69, 9.17) is 0 Å². The van der Waals surface area contributed by atoms with Gasteiger partial charge in [0.15, 0.2) is 0 Å². The minimum atomic E-state index is -3.16. The Morgan fingerprint density at radius 2 is 1.93 bits per heavy atom. The van der Waals surface area contributed by atoms with Crippen molar-refractivity contribution in [3.8, 4) is 11.1 Å². The Morgan fingerprint density at radius 3 is 2.73 bits per heavy atom. The van der Waals surface area contributed by atoms with Gasteiger partial charge in [0.05, 0.1) is 17.3 Å². The highest BCUT2D eigenvalue weighted by Gasteiger charge is 2.28. The number of benzene rings is 2. The van der Waals surface area contributed by atoms with E-state index < -0.39 is 10.0 Å². The molecule has 1 unspecified atom stereocenters. The third-order valence-electron chi connectivity index (χ3n) is 5.76. The molecule has 7 nitrogen and oxygen atoms in total. The van der Waals surface area contributed by atoms with Gasteiger partial charge in [-0.15, -0.1) is 0 Å². The molecule has 3 heterocycles. The molecule has 1 atom stereocenters. The number of hydrogen-bond donors (Lipinski definition) is 1. The molecule has 8 heteroatoms. The maximum Gasteiger partial charge on any atom is 0.211 e. The molecule has 0 saturated carbocycles. The van der Waals surface area contributed by atoms with Gasteiger partial charge in [0.2, 0.25) is 10.0 Å². The molecule has 1 fully saturated rings. The van der Waals surface area contributed by atoms with Crippen molar-refractivity contribution in [2.24, 2.45) is 7.05 Å². The number of aryl methyl sites for hydroxylation is 1. The van der Waals surface area contributed by atoms with Crippen molar-refractivity contribution < 1.29 is 8.42 Å². The van der Waals surface area contributed by atoms with Crippen LogP contribution < -0.4 is 5.32 Å². The van der Waals surface area contributed by atoms with E-state index in [1.807, 2.05) is 13.1 Å². The number of rotatable bonds is 4. The van der Waals surface area contributed by atoms with Crippen LogP contribution in [-0.4, -0.2) is 52.6 Å². The normalized spacial score (nSPS) is 17.7. The van der Waals surface area contributed by atoms with Crippen LogP contribution in [0.1, 0.15) is 6.42 Å². The van der Waals surface area contributed by atoms with Crippen LogP contribution in [-0.2, 0) is 17.1 Å². The van der Waals surface area contributed by atoms with Gasteiger partial charge in [0.1, 0.15) is 0 Å². The molecule has 0 amide bonds. The standard InChI is InChI=1S/C22H23N5O2S/c1-26-9-5-15-3-4-16(11-21(15)26)19-12-18(13-20-22(19)24-8-7-23-20)25-17-6-10-27(14-17)30(2,28)29/h3-5,7-9,11-13,17,25H,6,10,14H2,1-2H3. The summed E-state index contributed by atoms with van der Waals surface area (Å²) in [6, 6.07) is 12.6. The van der Waals surface area contributed by atoms with Crippen LogP contribution in [0.3, 0.4) is 0 Å². The molecule has 1 N–H and O–H groups in total. The molecule has 30 heavy (non-hydrogen) atoms. The van der Waals surface area contributed by atoms with E-state index in [1.54, 1.807) is 12.4 Å². The summed E-state index contributed by atoms with van der Waals surface area (Å²) < 4.78 is 27.3.